The molecule has 7 nitrogen and oxygen atoms in total. The number of aromatic nitrogens is 3. The van der Waals surface area contributed by atoms with Gasteiger partial charge in [0.15, 0.2) is 0 Å². The van der Waals surface area contributed by atoms with Crippen molar-refractivity contribution in [2.24, 2.45) is 7.05 Å². The largest absolute Gasteiger partial charge is 0.507 e. The number of rotatable bonds is 4. The number of aryl methyl sites for hydroxylation is 2. The van der Waals surface area contributed by atoms with Crippen molar-refractivity contribution in [3.05, 3.63) is 45.1 Å². The lowest BCUT2D eigenvalue weighted by atomic mass is 9.89. The summed E-state index contributed by atoms with van der Waals surface area (Å²) in [4.78, 5) is 26.7. The van der Waals surface area contributed by atoms with Gasteiger partial charge in [0.05, 0.1) is 25.3 Å². The van der Waals surface area contributed by atoms with Crippen LogP contribution < -0.4 is 5.56 Å². The Hall–Kier alpha value is -2.57. The minimum Gasteiger partial charge on any atom is -0.507 e. The van der Waals surface area contributed by atoms with E-state index in [4.69, 9.17) is 4.74 Å². The topological polar surface area (TPSA) is 97.2 Å². The Balaban J connectivity index is 2.62. The molecule has 0 aliphatic heterocycles. The quantitative estimate of drug-likeness (QED) is 0.825. The van der Waals surface area contributed by atoms with Gasteiger partial charge in [-0.15, -0.1) is 0 Å². The number of aromatic hydroxyl groups is 1. The zero-order valence-electron chi connectivity index (χ0n) is 13.0. The molecule has 2 aromatic rings. The second-order valence-corrected chi connectivity index (χ2v) is 5.22. The maximum absolute atomic E-state index is 12.3. The molecule has 2 rings (SSSR count). The van der Waals surface area contributed by atoms with E-state index < -0.39 is 17.4 Å². The Bertz CT molecular complexity index is 761. The van der Waals surface area contributed by atoms with Crippen LogP contribution in [0.4, 0.5) is 0 Å². The smallest absolute Gasteiger partial charge is 0.306 e. The molecule has 0 amide bonds. The molecule has 0 unspecified atom stereocenters. The average molecular weight is 305 g/mol. The number of nitrogens with one attached hydrogen (secondary N) is 1. The lowest BCUT2D eigenvalue weighted by Crippen LogP contribution is -2.21. The SMILES string of the molecule is COC(=O)C[C@@H](c1cnn(C)c1C)c1c(O)cc(C)[nH]c1=O. The maximum atomic E-state index is 12.3. The van der Waals surface area contributed by atoms with Gasteiger partial charge in [-0.1, -0.05) is 0 Å². The van der Waals surface area contributed by atoms with Gasteiger partial charge in [-0.05, 0) is 19.9 Å². The van der Waals surface area contributed by atoms with Gasteiger partial charge in [0.2, 0.25) is 0 Å². The van der Waals surface area contributed by atoms with Gasteiger partial charge < -0.3 is 14.8 Å². The molecule has 0 aromatic carbocycles. The predicted octanol–water partition coefficient (Wildman–Crippen LogP) is 1.13. The third-order valence-corrected chi connectivity index (χ3v) is 3.78. The number of carbonyl (C=O) groups excluding carboxylic acids is 1. The monoisotopic (exact) mass is 305 g/mol. The highest BCUT2D eigenvalue weighted by molar-refractivity contribution is 5.71. The Morgan fingerprint density at radius 1 is 1.50 bits per heavy atom. The first-order valence-electron chi connectivity index (χ1n) is 6.83. The van der Waals surface area contributed by atoms with Gasteiger partial charge in [0, 0.05) is 29.9 Å². The molecule has 2 heterocycles. The van der Waals surface area contributed by atoms with Crippen LogP contribution in [0.2, 0.25) is 0 Å². The minimum atomic E-state index is -0.620. The molecule has 118 valence electrons. The number of methoxy groups -OCH3 is 1. The van der Waals surface area contributed by atoms with Crippen LogP contribution in [0.1, 0.15) is 34.9 Å². The summed E-state index contributed by atoms with van der Waals surface area (Å²) < 4.78 is 6.37. The molecule has 0 aliphatic rings. The fraction of sp³-hybridized carbons (Fsp3) is 0.400. The van der Waals surface area contributed by atoms with E-state index in [1.54, 1.807) is 24.9 Å². The third-order valence-electron chi connectivity index (χ3n) is 3.78. The van der Waals surface area contributed by atoms with Crippen LogP contribution in [0.25, 0.3) is 0 Å². The number of H-pyrrole nitrogens is 1. The van der Waals surface area contributed by atoms with Gasteiger partial charge in [-0.3, -0.25) is 14.3 Å². The van der Waals surface area contributed by atoms with E-state index in [0.29, 0.717) is 11.3 Å². The number of hydrogen-bond donors (Lipinski definition) is 2. The van der Waals surface area contributed by atoms with Crippen LogP contribution in [0.15, 0.2) is 17.1 Å². The van der Waals surface area contributed by atoms with Crippen LogP contribution in [-0.2, 0) is 16.6 Å². The van der Waals surface area contributed by atoms with Crippen molar-refractivity contribution in [1.29, 1.82) is 0 Å². The molecule has 2 aromatic heterocycles. The number of pyridine rings is 1. The Morgan fingerprint density at radius 3 is 2.68 bits per heavy atom. The summed E-state index contributed by atoms with van der Waals surface area (Å²) in [5, 5.41) is 14.3. The predicted molar refractivity (Wildman–Crippen MR) is 79.9 cm³/mol. The van der Waals surface area contributed by atoms with E-state index in [1.165, 1.54) is 13.2 Å². The van der Waals surface area contributed by atoms with Gasteiger partial charge in [0.25, 0.3) is 5.56 Å². The Morgan fingerprint density at radius 2 is 2.18 bits per heavy atom. The summed E-state index contributed by atoms with van der Waals surface area (Å²) in [5.41, 5.74) is 1.79. The minimum absolute atomic E-state index is 0.0528. The van der Waals surface area contributed by atoms with Crippen molar-refractivity contribution in [2.75, 3.05) is 7.11 Å². The molecular formula is C15H19N3O4. The van der Waals surface area contributed by atoms with Gasteiger partial charge in [-0.25, -0.2) is 0 Å². The highest BCUT2D eigenvalue weighted by Gasteiger charge is 2.27. The van der Waals surface area contributed by atoms with Crippen molar-refractivity contribution in [1.82, 2.24) is 14.8 Å². The lowest BCUT2D eigenvalue weighted by Gasteiger charge is -2.17. The molecule has 7 heteroatoms. The highest BCUT2D eigenvalue weighted by Crippen LogP contribution is 2.33. The highest BCUT2D eigenvalue weighted by atomic mass is 16.5. The molecule has 0 saturated heterocycles. The van der Waals surface area contributed by atoms with E-state index in [2.05, 4.69) is 10.1 Å². The van der Waals surface area contributed by atoms with Gasteiger partial charge in [0.1, 0.15) is 5.75 Å². The number of hydrogen-bond acceptors (Lipinski definition) is 5. The maximum Gasteiger partial charge on any atom is 0.306 e. The number of nitrogens with zero attached hydrogens (tertiary/aromatic N) is 2. The van der Waals surface area contributed by atoms with Crippen molar-refractivity contribution < 1.29 is 14.6 Å². The third kappa shape index (κ3) is 2.88. The van der Waals surface area contributed by atoms with E-state index >= 15 is 0 Å². The first kappa shape index (κ1) is 15.8. The zero-order valence-corrected chi connectivity index (χ0v) is 13.0. The van der Waals surface area contributed by atoms with Crippen molar-refractivity contribution in [3.8, 4) is 5.75 Å². The summed E-state index contributed by atoms with van der Waals surface area (Å²) >= 11 is 0. The van der Waals surface area contributed by atoms with Crippen molar-refractivity contribution >= 4 is 5.97 Å². The molecule has 0 fully saturated rings. The molecule has 22 heavy (non-hydrogen) atoms. The van der Waals surface area contributed by atoms with Crippen molar-refractivity contribution in [2.45, 2.75) is 26.2 Å². The normalized spacial score (nSPS) is 12.2. The molecule has 0 saturated carbocycles. The molecule has 0 spiro atoms. The van der Waals surface area contributed by atoms with Gasteiger partial charge in [-0.2, -0.15) is 5.10 Å². The number of esters is 1. The summed E-state index contributed by atoms with van der Waals surface area (Å²) in [6, 6.07) is 1.46. The summed E-state index contributed by atoms with van der Waals surface area (Å²) in [6.45, 7) is 3.52. The zero-order chi connectivity index (χ0) is 16.4. The Kier molecular flexibility index (Phi) is 4.35. The van der Waals surface area contributed by atoms with E-state index in [1.807, 2.05) is 6.92 Å². The molecule has 0 bridgehead atoms. The number of aromatic amines is 1. The fourth-order valence-electron chi connectivity index (χ4n) is 2.49. The standard InChI is InChI=1S/C15H19N3O4/c1-8-5-12(19)14(15(21)17-8)10(6-13(20)22-4)11-7-16-18(3)9(11)2/h5,7,10H,6H2,1-4H3,(H2,17,19,21)/t10-/m0/s1. The molecular weight excluding hydrogens is 286 g/mol. The molecule has 2 N–H and O–H groups in total. The number of ether oxygens (including phenoxy) is 1. The van der Waals surface area contributed by atoms with E-state index in [9.17, 15) is 14.7 Å². The second-order valence-electron chi connectivity index (χ2n) is 5.22. The van der Waals surface area contributed by atoms with Gasteiger partial charge >= 0.3 is 5.97 Å². The molecule has 0 aliphatic carbocycles. The summed E-state index contributed by atoms with van der Waals surface area (Å²) in [6.07, 6.45) is 1.55. The van der Waals surface area contributed by atoms with Crippen LogP contribution in [0.5, 0.6) is 5.75 Å². The van der Waals surface area contributed by atoms with Crippen LogP contribution in [0.3, 0.4) is 0 Å². The number of carbonyl (C=O) groups is 1. The van der Waals surface area contributed by atoms with E-state index in [0.717, 1.165) is 5.69 Å². The molecule has 0 radical (unpaired) electrons. The fourth-order valence-corrected chi connectivity index (χ4v) is 2.49. The van der Waals surface area contributed by atoms with E-state index in [-0.39, 0.29) is 17.7 Å². The second kappa shape index (κ2) is 6.05. The van der Waals surface area contributed by atoms with Crippen LogP contribution in [0, 0.1) is 13.8 Å². The lowest BCUT2D eigenvalue weighted by molar-refractivity contribution is -0.140. The molecule has 1 atom stereocenters. The van der Waals surface area contributed by atoms with Crippen LogP contribution in [-0.4, -0.2) is 33.0 Å². The Labute approximate surface area is 127 Å². The summed E-state index contributed by atoms with van der Waals surface area (Å²) in [5.74, 6) is -1.23. The average Bonchev–Trinajstić information content (AvgIpc) is 2.76. The van der Waals surface area contributed by atoms with Crippen LogP contribution >= 0.6 is 0 Å². The first-order valence-corrected chi connectivity index (χ1v) is 6.83. The summed E-state index contributed by atoms with van der Waals surface area (Å²) in [7, 11) is 3.06. The van der Waals surface area contributed by atoms with Crippen molar-refractivity contribution in [3.63, 3.8) is 0 Å². The first-order chi connectivity index (χ1) is 10.3.